The van der Waals surface area contributed by atoms with Gasteiger partial charge in [0.25, 0.3) is 0 Å². The van der Waals surface area contributed by atoms with Gasteiger partial charge in [0.05, 0.1) is 25.0 Å². The van der Waals surface area contributed by atoms with Gasteiger partial charge in [-0.05, 0) is 42.8 Å². The first-order valence-corrected chi connectivity index (χ1v) is 7.78. The Morgan fingerprint density at radius 2 is 1.92 bits per heavy atom. The van der Waals surface area contributed by atoms with Crippen LogP contribution in [0.2, 0.25) is 0 Å². The maximum atomic E-state index is 12.0. The van der Waals surface area contributed by atoms with Crippen LogP contribution in [-0.2, 0) is 4.74 Å². The zero-order chi connectivity index (χ0) is 18.1. The van der Waals surface area contributed by atoms with E-state index in [9.17, 15) is 9.59 Å². The number of carbonyl (C=O) groups excluding carboxylic acids is 2. The Kier molecular flexibility index (Phi) is 6.59. The van der Waals surface area contributed by atoms with Crippen LogP contribution in [0.4, 0.5) is 10.5 Å². The van der Waals surface area contributed by atoms with Gasteiger partial charge in [-0.15, -0.1) is 0 Å². The van der Waals surface area contributed by atoms with Crippen molar-refractivity contribution in [2.45, 2.75) is 6.92 Å². The second-order valence-corrected chi connectivity index (χ2v) is 4.97. The van der Waals surface area contributed by atoms with Crippen LogP contribution in [0.5, 0.6) is 5.75 Å². The van der Waals surface area contributed by atoms with Crippen LogP contribution in [0.1, 0.15) is 22.8 Å². The van der Waals surface area contributed by atoms with E-state index in [1.54, 1.807) is 44.4 Å². The van der Waals surface area contributed by atoms with Crippen LogP contribution in [-0.4, -0.2) is 25.7 Å². The molecule has 0 saturated carbocycles. The summed E-state index contributed by atoms with van der Waals surface area (Å²) < 4.78 is 10.1. The van der Waals surface area contributed by atoms with E-state index in [1.165, 1.54) is 6.20 Å². The molecular formula is C19H20N2O4. The predicted molar refractivity (Wildman–Crippen MR) is 96.6 cm³/mol. The van der Waals surface area contributed by atoms with Crippen LogP contribution in [0, 0.1) is 0 Å². The predicted octanol–water partition coefficient (Wildman–Crippen LogP) is 3.66. The summed E-state index contributed by atoms with van der Waals surface area (Å²) in [5.41, 5.74) is 1.57. The Morgan fingerprint density at radius 3 is 2.68 bits per heavy atom. The van der Waals surface area contributed by atoms with Crippen molar-refractivity contribution >= 4 is 23.8 Å². The Labute approximate surface area is 146 Å². The number of hydrogen-bond acceptors (Lipinski definition) is 4. The molecule has 0 aliphatic carbocycles. The highest BCUT2D eigenvalue weighted by Crippen LogP contribution is 2.16. The van der Waals surface area contributed by atoms with Crippen LogP contribution in [0.3, 0.4) is 0 Å². The third kappa shape index (κ3) is 5.39. The molecule has 2 amide bonds. The zero-order valence-electron chi connectivity index (χ0n) is 14.1. The fourth-order valence-electron chi connectivity index (χ4n) is 2.10. The summed E-state index contributed by atoms with van der Waals surface area (Å²) in [7, 11) is 1.59. The minimum atomic E-state index is -0.481. The van der Waals surface area contributed by atoms with Crippen molar-refractivity contribution in [2.75, 3.05) is 19.0 Å². The Balaban J connectivity index is 1.98. The molecule has 0 fully saturated rings. The summed E-state index contributed by atoms with van der Waals surface area (Å²) in [5, 5.41) is 5.22. The molecule has 0 heterocycles. The quantitative estimate of drug-likeness (QED) is 0.787. The summed E-state index contributed by atoms with van der Waals surface area (Å²) >= 11 is 0. The first-order valence-electron chi connectivity index (χ1n) is 7.78. The number of esters is 1. The van der Waals surface area contributed by atoms with Crippen molar-refractivity contribution in [3.05, 3.63) is 65.9 Å². The van der Waals surface area contributed by atoms with Crippen molar-refractivity contribution < 1.29 is 19.1 Å². The first kappa shape index (κ1) is 18.1. The fourth-order valence-corrected chi connectivity index (χ4v) is 2.10. The summed E-state index contributed by atoms with van der Waals surface area (Å²) in [4.78, 5) is 23.9. The lowest BCUT2D eigenvalue weighted by atomic mass is 10.2. The maximum Gasteiger partial charge on any atom is 0.340 e. The number of anilines is 1. The van der Waals surface area contributed by atoms with Gasteiger partial charge in [-0.1, -0.05) is 24.3 Å². The number of rotatable bonds is 6. The SMILES string of the molecule is CCOC(=O)c1ccccc1NC(=O)N/C=C/c1cccc(OC)c1. The third-order valence-electron chi connectivity index (χ3n) is 3.25. The van der Waals surface area contributed by atoms with Gasteiger partial charge in [0.1, 0.15) is 5.75 Å². The molecule has 0 bridgehead atoms. The lowest BCUT2D eigenvalue weighted by molar-refractivity contribution is 0.0527. The molecule has 6 heteroatoms. The molecule has 2 aromatic carbocycles. The summed E-state index contributed by atoms with van der Waals surface area (Å²) in [5.74, 6) is 0.250. The van der Waals surface area contributed by atoms with E-state index < -0.39 is 12.0 Å². The van der Waals surface area contributed by atoms with E-state index >= 15 is 0 Å². The highest BCUT2D eigenvalue weighted by atomic mass is 16.5. The third-order valence-corrected chi connectivity index (χ3v) is 3.25. The van der Waals surface area contributed by atoms with Crippen molar-refractivity contribution in [1.82, 2.24) is 5.32 Å². The molecule has 130 valence electrons. The minimum Gasteiger partial charge on any atom is -0.497 e. The molecule has 0 unspecified atom stereocenters. The molecule has 0 saturated heterocycles. The van der Waals surface area contributed by atoms with Gasteiger partial charge in [-0.3, -0.25) is 0 Å². The second-order valence-electron chi connectivity index (χ2n) is 4.97. The van der Waals surface area contributed by atoms with E-state index in [1.807, 2.05) is 24.3 Å². The van der Waals surface area contributed by atoms with Crippen molar-refractivity contribution in [3.63, 3.8) is 0 Å². The molecule has 2 aromatic rings. The first-order chi connectivity index (χ1) is 12.1. The number of amides is 2. The number of methoxy groups -OCH3 is 1. The molecule has 0 radical (unpaired) electrons. The van der Waals surface area contributed by atoms with Crippen molar-refractivity contribution in [2.24, 2.45) is 0 Å². The summed E-state index contributed by atoms with van der Waals surface area (Å²) in [6.45, 7) is 1.99. The normalized spacial score (nSPS) is 10.3. The highest BCUT2D eigenvalue weighted by Gasteiger charge is 2.13. The van der Waals surface area contributed by atoms with Gasteiger partial charge in [0.2, 0.25) is 0 Å². The fraction of sp³-hybridized carbons (Fsp3) is 0.158. The lowest BCUT2D eigenvalue weighted by Crippen LogP contribution is -2.25. The van der Waals surface area contributed by atoms with Gasteiger partial charge < -0.3 is 20.1 Å². The number of carbonyl (C=O) groups is 2. The Hall–Kier alpha value is -3.28. The van der Waals surface area contributed by atoms with Gasteiger partial charge in [0, 0.05) is 6.20 Å². The monoisotopic (exact) mass is 340 g/mol. The average molecular weight is 340 g/mol. The zero-order valence-corrected chi connectivity index (χ0v) is 14.1. The topological polar surface area (TPSA) is 76.7 Å². The molecular weight excluding hydrogens is 320 g/mol. The number of ether oxygens (including phenoxy) is 2. The van der Waals surface area contributed by atoms with Gasteiger partial charge in [-0.25, -0.2) is 9.59 Å². The number of benzene rings is 2. The van der Waals surface area contributed by atoms with Crippen molar-refractivity contribution in [3.8, 4) is 5.75 Å². The van der Waals surface area contributed by atoms with Crippen LogP contribution in [0.15, 0.2) is 54.7 Å². The number of hydrogen-bond donors (Lipinski definition) is 2. The largest absolute Gasteiger partial charge is 0.497 e. The summed E-state index contributed by atoms with van der Waals surface area (Å²) in [6.07, 6.45) is 3.25. The molecule has 0 aliphatic rings. The van der Waals surface area contributed by atoms with Gasteiger partial charge in [-0.2, -0.15) is 0 Å². The van der Waals surface area contributed by atoms with Gasteiger partial charge in [0.15, 0.2) is 0 Å². The van der Waals surface area contributed by atoms with E-state index in [2.05, 4.69) is 10.6 Å². The molecule has 0 atom stereocenters. The standard InChI is InChI=1S/C19H20N2O4/c1-3-25-18(22)16-9-4-5-10-17(16)21-19(23)20-12-11-14-7-6-8-15(13-14)24-2/h4-13H,3H2,1-2H3,(H2,20,21,23)/b12-11+. The van der Waals surface area contributed by atoms with E-state index in [0.29, 0.717) is 11.3 Å². The second kappa shape index (κ2) is 9.12. The Bertz CT molecular complexity index is 772. The van der Waals surface area contributed by atoms with Gasteiger partial charge >= 0.3 is 12.0 Å². The molecule has 0 aromatic heterocycles. The summed E-state index contributed by atoms with van der Waals surface area (Å²) in [6, 6.07) is 13.6. The Morgan fingerprint density at radius 1 is 1.12 bits per heavy atom. The lowest BCUT2D eigenvalue weighted by Gasteiger charge is -2.09. The molecule has 6 nitrogen and oxygen atoms in total. The van der Waals surface area contributed by atoms with Crippen molar-refractivity contribution in [1.29, 1.82) is 0 Å². The average Bonchev–Trinajstić information content (AvgIpc) is 2.62. The maximum absolute atomic E-state index is 12.0. The smallest absolute Gasteiger partial charge is 0.340 e. The number of nitrogens with one attached hydrogen (secondary N) is 2. The van der Waals surface area contributed by atoms with E-state index in [0.717, 1.165) is 11.3 Å². The molecule has 2 rings (SSSR count). The van der Waals surface area contributed by atoms with Crippen LogP contribution in [0.25, 0.3) is 6.08 Å². The molecule has 2 N–H and O–H groups in total. The molecule has 0 spiro atoms. The van der Waals surface area contributed by atoms with E-state index in [-0.39, 0.29) is 6.61 Å². The van der Waals surface area contributed by atoms with E-state index in [4.69, 9.17) is 9.47 Å². The van der Waals surface area contributed by atoms with Crippen LogP contribution >= 0.6 is 0 Å². The number of para-hydroxylation sites is 1. The van der Waals surface area contributed by atoms with Crippen LogP contribution < -0.4 is 15.4 Å². The number of urea groups is 1. The minimum absolute atomic E-state index is 0.267. The highest BCUT2D eigenvalue weighted by molar-refractivity contribution is 6.01. The molecule has 0 aliphatic heterocycles. The molecule has 25 heavy (non-hydrogen) atoms.